The highest BCUT2D eigenvalue weighted by Gasteiger charge is 2.55. The zero-order valence-electron chi connectivity index (χ0n) is 64.8. The molecule has 6 heterocycles. The van der Waals surface area contributed by atoms with Crippen LogP contribution in [0, 0.1) is 104 Å². The molecule has 6 saturated carbocycles. The normalized spacial score (nSPS) is 40.2. The van der Waals surface area contributed by atoms with Crippen molar-refractivity contribution in [2.45, 2.75) is 392 Å². The summed E-state index contributed by atoms with van der Waals surface area (Å²) in [5, 5.41) is 0. The Hall–Kier alpha value is -0.240. The average Bonchev–Trinajstić information content (AvgIpc) is 1.60. The molecule has 6 aliphatic carbocycles. The maximum absolute atomic E-state index is 6.31. The molecule has 6 spiro atoms. The van der Waals surface area contributed by atoms with E-state index in [-0.39, 0.29) is 33.6 Å². The molecule has 0 atom stereocenters. The van der Waals surface area contributed by atoms with Gasteiger partial charge in [0.05, 0.1) is 60.0 Å². The molecule has 0 unspecified atom stereocenters. The largest absolute Gasteiger partial charge is 0.380 e. The fraction of sp³-hybridized carbons (Fsp3) is 1.00. The summed E-state index contributed by atoms with van der Waals surface area (Å²) in [6.07, 6.45) is 40.7. The molecule has 0 aromatic rings. The summed E-state index contributed by atoms with van der Waals surface area (Å²) in [6.45, 7) is 62.2. The second kappa shape index (κ2) is 30.5. The molecular weight excluding hydrogens is 1100 g/mol. The van der Waals surface area contributed by atoms with Gasteiger partial charge in [-0.1, -0.05) is 125 Å². The topological polar surface area (TPSA) is 55.4 Å². The predicted molar refractivity (Wildman–Crippen MR) is 383 cm³/mol. The van der Waals surface area contributed by atoms with Gasteiger partial charge in [0.2, 0.25) is 0 Å². The van der Waals surface area contributed by atoms with Crippen LogP contribution in [0.25, 0.3) is 0 Å². The average molecular weight is 1260 g/mol. The summed E-state index contributed by atoms with van der Waals surface area (Å²) in [5.74, 6) is 10.9. The van der Waals surface area contributed by atoms with Crippen molar-refractivity contribution in [3.8, 4) is 0 Å². The summed E-state index contributed by atoms with van der Waals surface area (Å²) in [6, 6.07) is 0. The van der Waals surface area contributed by atoms with E-state index in [4.69, 9.17) is 28.4 Å². The van der Waals surface area contributed by atoms with Gasteiger partial charge in [-0.15, -0.1) is 0 Å². The molecule has 6 saturated heterocycles. The number of rotatable bonds is 6. The fourth-order valence-electron chi connectivity index (χ4n) is 21.2. The first-order valence-corrected chi connectivity index (χ1v) is 39.5. The van der Waals surface area contributed by atoms with E-state index < -0.39 is 0 Å². The third-order valence-electron chi connectivity index (χ3n) is 29.2. The van der Waals surface area contributed by atoms with Gasteiger partial charge in [0, 0.05) is 24.0 Å². The van der Waals surface area contributed by atoms with Crippen molar-refractivity contribution in [1.82, 2.24) is 0 Å². The fourth-order valence-corrected chi connectivity index (χ4v) is 21.2. The predicted octanol–water partition coefficient (Wildman–Crippen LogP) is 24.1. The van der Waals surface area contributed by atoms with Crippen LogP contribution in [0.15, 0.2) is 0 Å². The first-order chi connectivity index (χ1) is 41.7. The van der Waals surface area contributed by atoms with E-state index in [2.05, 4.69) is 166 Å². The Morgan fingerprint density at radius 1 is 0.289 bits per heavy atom. The zero-order valence-corrected chi connectivity index (χ0v) is 64.8. The highest BCUT2D eigenvalue weighted by molar-refractivity contribution is 5.05. The Kier molecular flexibility index (Phi) is 26.1. The van der Waals surface area contributed by atoms with E-state index in [1.165, 1.54) is 193 Å². The third kappa shape index (κ3) is 19.1. The molecule has 6 nitrogen and oxygen atoms in total. The van der Waals surface area contributed by atoms with Gasteiger partial charge in [0.15, 0.2) is 0 Å². The quantitative estimate of drug-likeness (QED) is 0.264. The van der Waals surface area contributed by atoms with Crippen LogP contribution in [-0.2, 0) is 28.4 Å². The minimum absolute atomic E-state index is 0.134. The van der Waals surface area contributed by atoms with Gasteiger partial charge >= 0.3 is 0 Å². The highest BCUT2D eigenvalue weighted by Crippen LogP contribution is 2.58. The van der Waals surface area contributed by atoms with Crippen LogP contribution in [0.1, 0.15) is 359 Å². The molecule has 12 fully saturated rings. The highest BCUT2D eigenvalue weighted by atomic mass is 16.5. The second-order valence-electron chi connectivity index (χ2n) is 40.1. The lowest BCUT2D eigenvalue weighted by molar-refractivity contribution is -0.110. The first-order valence-electron chi connectivity index (χ1n) is 39.5. The lowest BCUT2D eigenvalue weighted by Crippen LogP contribution is -2.45. The van der Waals surface area contributed by atoms with E-state index >= 15 is 0 Å². The standard InChI is InChI=1S/6C14H26O/c1-11(2)12-5-7-14(8-6-12)10-15-9-13(14,3)4;1-11(2)12-5-7-14(8-6-12)9-13(3,4)15-10-14;1-11(2)12-5-7-14(8-6-12)9-13(3,4)10-15-14;1-11(2)12-5-7-14(8-6-12)9-10-15-13(14,3)4;1-11(2)12-5-7-14(8-6-12)13(3,4)9-10-15-14;1-11(2)12-5-7-14(8-6-12)10-9-13(3,4)15-14/h6*11-12H,5-10H2,1-4H3. The third-order valence-corrected chi connectivity index (χ3v) is 29.2. The number of hydrogen-bond acceptors (Lipinski definition) is 6. The second-order valence-corrected chi connectivity index (χ2v) is 40.1. The Bertz CT molecular complexity index is 1870. The maximum Gasteiger partial charge on any atom is 0.0734 e. The van der Waals surface area contributed by atoms with E-state index in [9.17, 15) is 0 Å². The molecule has 0 bridgehead atoms. The van der Waals surface area contributed by atoms with Crippen LogP contribution in [0.4, 0.5) is 0 Å². The van der Waals surface area contributed by atoms with Crippen LogP contribution >= 0.6 is 0 Å². The number of ether oxygens (including phenoxy) is 6. The van der Waals surface area contributed by atoms with Gasteiger partial charge in [0.1, 0.15) is 0 Å². The summed E-state index contributed by atoms with van der Waals surface area (Å²) in [7, 11) is 0. The van der Waals surface area contributed by atoms with E-state index in [0.717, 1.165) is 111 Å². The molecule has 12 aliphatic rings. The van der Waals surface area contributed by atoms with Crippen molar-refractivity contribution in [2.75, 3.05) is 39.6 Å². The van der Waals surface area contributed by atoms with Crippen molar-refractivity contribution in [1.29, 1.82) is 0 Å². The first kappa shape index (κ1) is 77.1. The molecular formula is C84H156O6. The monoisotopic (exact) mass is 1260 g/mol. The van der Waals surface area contributed by atoms with E-state index in [1.54, 1.807) is 0 Å². The molecule has 528 valence electrons. The van der Waals surface area contributed by atoms with Crippen LogP contribution in [0.3, 0.4) is 0 Å². The van der Waals surface area contributed by atoms with Crippen LogP contribution < -0.4 is 0 Å². The van der Waals surface area contributed by atoms with Gasteiger partial charge in [-0.2, -0.15) is 0 Å². The number of hydrogen-bond donors (Lipinski definition) is 0. The minimum atomic E-state index is 0.134. The molecule has 0 N–H and O–H groups in total. The van der Waals surface area contributed by atoms with Crippen molar-refractivity contribution in [3.05, 3.63) is 0 Å². The Morgan fingerprint density at radius 3 is 1.01 bits per heavy atom. The summed E-state index contributed by atoms with van der Waals surface area (Å²) in [5.41, 5.74) is 4.02. The molecule has 6 heteroatoms. The van der Waals surface area contributed by atoms with E-state index in [1.807, 2.05) is 0 Å². The smallest absolute Gasteiger partial charge is 0.0734 e. The zero-order chi connectivity index (χ0) is 66.6. The van der Waals surface area contributed by atoms with Crippen molar-refractivity contribution < 1.29 is 28.4 Å². The van der Waals surface area contributed by atoms with Crippen LogP contribution in [-0.4, -0.2) is 73.2 Å². The maximum atomic E-state index is 6.31. The summed E-state index contributed by atoms with van der Waals surface area (Å²) in [4.78, 5) is 0. The van der Waals surface area contributed by atoms with Gasteiger partial charge in [-0.05, 0) is 327 Å². The van der Waals surface area contributed by atoms with Crippen LogP contribution in [0.5, 0.6) is 0 Å². The lowest BCUT2D eigenvalue weighted by Gasteiger charge is -2.45. The van der Waals surface area contributed by atoms with Crippen LogP contribution in [0.2, 0.25) is 0 Å². The Morgan fingerprint density at radius 2 is 0.689 bits per heavy atom. The lowest BCUT2D eigenvalue weighted by atomic mass is 9.58. The van der Waals surface area contributed by atoms with Gasteiger partial charge in [0.25, 0.3) is 0 Å². The molecule has 0 amide bonds. The SMILES string of the molecule is CC(C)C1CCC2(CC1)CC(C)(C)CO2.CC(C)C1CCC2(CC1)CCC(C)(C)O2.CC(C)C1CCC2(CC1)COC(C)(C)C2.CC(C)C1CCC2(CC1)COCC2(C)C.CC(C)C1CCC2(CC1)OCCC2(C)C.CC(C)C1CCC2(CCOC2(C)C)CC1. The molecule has 0 radical (unpaired) electrons. The summed E-state index contributed by atoms with van der Waals surface area (Å²) < 4.78 is 36.2. The van der Waals surface area contributed by atoms with Crippen molar-refractivity contribution >= 4 is 0 Å². The Labute approximate surface area is 561 Å². The minimum Gasteiger partial charge on any atom is -0.380 e. The molecule has 12 rings (SSSR count). The molecule has 0 aromatic carbocycles. The summed E-state index contributed by atoms with van der Waals surface area (Å²) >= 11 is 0. The molecule has 6 aliphatic heterocycles. The van der Waals surface area contributed by atoms with E-state index in [0.29, 0.717) is 32.5 Å². The molecule has 0 aromatic heterocycles. The molecule has 90 heavy (non-hydrogen) atoms. The Balaban J connectivity index is 0.000000154. The van der Waals surface area contributed by atoms with Gasteiger partial charge in [-0.3, -0.25) is 0 Å². The van der Waals surface area contributed by atoms with Gasteiger partial charge < -0.3 is 28.4 Å². The van der Waals surface area contributed by atoms with Crippen molar-refractivity contribution in [2.24, 2.45) is 104 Å². The van der Waals surface area contributed by atoms with Crippen molar-refractivity contribution in [3.63, 3.8) is 0 Å². The van der Waals surface area contributed by atoms with Gasteiger partial charge in [-0.25, -0.2) is 0 Å².